The van der Waals surface area contributed by atoms with Crippen molar-refractivity contribution in [3.63, 3.8) is 0 Å². The molecule has 0 aromatic carbocycles. The van der Waals surface area contributed by atoms with Crippen LogP contribution >= 0.6 is 23.4 Å². The Morgan fingerprint density at radius 2 is 2.39 bits per heavy atom. The van der Waals surface area contributed by atoms with Gasteiger partial charge < -0.3 is 10.5 Å². The van der Waals surface area contributed by atoms with E-state index in [1.165, 1.54) is 13.2 Å². The minimum Gasteiger partial charge on any atom is -0.481 e. The van der Waals surface area contributed by atoms with Crippen LogP contribution in [0.25, 0.3) is 0 Å². The minimum absolute atomic E-state index is 0.0870. The van der Waals surface area contributed by atoms with E-state index in [4.69, 9.17) is 22.1 Å². The second-order valence-corrected chi connectivity index (χ2v) is 4.81. The molecule has 0 aliphatic heterocycles. The van der Waals surface area contributed by atoms with Crippen LogP contribution in [0.4, 0.5) is 5.95 Å². The number of amides is 1. The van der Waals surface area contributed by atoms with Crippen LogP contribution in [0.5, 0.6) is 5.88 Å². The lowest BCUT2D eigenvalue weighted by atomic mass is 10.2. The highest BCUT2D eigenvalue weighted by Crippen LogP contribution is 2.15. The Bertz CT molecular complexity index is 419. The van der Waals surface area contributed by atoms with Crippen molar-refractivity contribution in [3.05, 3.63) is 11.2 Å². The van der Waals surface area contributed by atoms with E-state index in [9.17, 15) is 4.79 Å². The monoisotopic (exact) mass is 290 g/mol. The average Bonchev–Trinajstić information content (AvgIpc) is 2.34. The Balaban J connectivity index is 2.66. The Hall–Kier alpha value is -1.05. The van der Waals surface area contributed by atoms with Crippen molar-refractivity contribution in [2.75, 3.05) is 24.4 Å². The number of rotatable bonds is 6. The zero-order valence-corrected chi connectivity index (χ0v) is 11.7. The smallest absolute Gasteiger partial charge is 0.243 e. The molecular weight excluding hydrogens is 276 g/mol. The van der Waals surface area contributed by atoms with Gasteiger partial charge in [0.1, 0.15) is 5.15 Å². The van der Waals surface area contributed by atoms with Crippen molar-refractivity contribution in [1.82, 2.24) is 9.97 Å². The number of anilines is 1. The van der Waals surface area contributed by atoms with Crippen molar-refractivity contribution >= 4 is 35.2 Å². The lowest BCUT2D eigenvalue weighted by Gasteiger charge is -2.11. The molecule has 6 nitrogen and oxygen atoms in total. The molecular formula is C10H15ClN4O2S. The van der Waals surface area contributed by atoms with Gasteiger partial charge in [-0.15, -0.1) is 0 Å². The predicted molar refractivity (Wildman–Crippen MR) is 73.2 cm³/mol. The topological polar surface area (TPSA) is 90.1 Å². The summed E-state index contributed by atoms with van der Waals surface area (Å²) in [5.41, 5.74) is 5.71. The Labute approximate surface area is 115 Å². The number of nitrogens with zero attached hydrogens (tertiary/aromatic N) is 2. The Morgan fingerprint density at radius 3 is 3.00 bits per heavy atom. The molecule has 100 valence electrons. The van der Waals surface area contributed by atoms with Gasteiger partial charge in [-0.3, -0.25) is 10.1 Å². The zero-order valence-electron chi connectivity index (χ0n) is 10.1. The maximum absolute atomic E-state index is 11.7. The van der Waals surface area contributed by atoms with E-state index in [0.717, 1.165) is 5.75 Å². The number of carbonyl (C=O) groups excluding carboxylic acids is 1. The number of methoxy groups -OCH3 is 1. The highest BCUT2D eigenvalue weighted by Gasteiger charge is 2.15. The van der Waals surface area contributed by atoms with Gasteiger partial charge >= 0.3 is 0 Å². The van der Waals surface area contributed by atoms with Crippen LogP contribution in [0.15, 0.2) is 6.07 Å². The standard InChI is InChI=1S/C10H15ClN4O2S/c1-17-8-5-7(11)13-10(14-8)15-9(16)6(12)3-4-18-2/h5-6H,3-4,12H2,1-2H3,(H,13,14,15,16)/t6-/m0/s1. The summed E-state index contributed by atoms with van der Waals surface area (Å²) in [5, 5.41) is 2.70. The van der Waals surface area contributed by atoms with E-state index in [2.05, 4.69) is 15.3 Å². The van der Waals surface area contributed by atoms with Gasteiger partial charge in [0.05, 0.1) is 13.2 Å². The van der Waals surface area contributed by atoms with Crippen molar-refractivity contribution in [2.45, 2.75) is 12.5 Å². The lowest BCUT2D eigenvalue weighted by molar-refractivity contribution is -0.117. The summed E-state index contributed by atoms with van der Waals surface area (Å²) in [6.45, 7) is 0. The molecule has 0 saturated heterocycles. The summed E-state index contributed by atoms with van der Waals surface area (Å²) in [6, 6.07) is 0.858. The summed E-state index contributed by atoms with van der Waals surface area (Å²) in [4.78, 5) is 19.5. The molecule has 0 spiro atoms. The molecule has 0 radical (unpaired) electrons. The normalized spacial score (nSPS) is 12.0. The van der Waals surface area contributed by atoms with Gasteiger partial charge in [-0.1, -0.05) is 11.6 Å². The highest BCUT2D eigenvalue weighted by molar-refractivity contribution is 7.98. The molecule has 8 heteroatoms. The van der Waals surface area contributed by atoms with Gasteiger partial charge in [-0.25, -0.2) is 4.98 Å². The molecule has 3 N–H and O–H groups in total. The van der Waals surface area contributed by atoms with E-state index < -0.39 is 6.04 Å². The summed E-state index contributed by atoms with van der Waals surface area (Å²) in [7, 11) is 1.45. The molecule has 1 rings (SSSR count). The molecule has 1 amide bonds. The molecule has 1 aromatic heterocycles. The molecule has 1 atom stereocenters. The number of thioether (sulfide) groups is 1. The van der Waals surface area contributed by atoms with E-state index >= 15 is 0 Å². The third-order valence-electron chi connectivity index (χ3n) is 2.09. The molecule has 0 unspecified atom stereocenters. The van der Waals surface area contributed by atoms with Crippen molar-refractivity contribution in [2.24, 2.45) is 5.73 Å². The number of halogens is 1. The van der Waals surface area contributed by atoms with Crippen LogP contribution in [0.3, 0.4) is 0 Å². The van der Waals surface area contributed by atoms with Gasteiger partial charge in [0, 0.05) is 6.07 Å². The molecule has 0 bridgehead atoms. The van der Waals surface area contributed by atoms with Crippen molar-refractivity contribution in [1.29, 1.82) is 0 Å². The summed E-state index contributed by atoms with van der Waals surface area (Å²) in [6.07, 6.45) is 2.54. The van der Waals surface area contributed by atoms with Gasteiger partial charge in [-0.2, -0.15) is 16.7 Å². The summed E-state index contributed by atoms with van der Waals surface area (Å²) < 4.78 is 4.92. The highest BCUT2D eigenvalue weighted by atomic mass is 35.5. The number of ether oxygens (including phenoxy) is 1. The predicted octanol–water partition coefficient (Wildman–Crippen LogP) is 1.16. The third kappa shape index (κ3) is 4.67. The van der Waals surface area contributed by atoms with E-state index in [1.54, 1.807) is 11.8 Å². The number of nitrogens with two attached hydrogens (primary N) is 1. The van der Waals surface area contributed by atoms with E-state index in [1.807, 2.05) is 6.26 Å². The number of nitrogens with one attached hydrogen (secondary N) is 1. The fourth-order valence-electron chi connectivity index (χ4n) is 1.14. The van der Waals surface area contributed by atoms with Crippen LogP contribution in [-0.4, -0.2) is 41.0 Å². The van der Waals surface area contributed by atoms with Crippen LogP contribution in [0, 0.1) is 0 Å². The number of carbonyl (C=O) groups is 1. The van der Waals surface area contributed by atoms with Crippen LogP contribution in [0.2, 0.25) is 5.15 Å². The molecule has 0 aliphatic rings. The fourth-order valence-corrected chi connectivity index (χ4v) is 1.80. The van der Waals surface area contributed by atoms with E-state index in [0.29, 0.717) is 6.42 Å². The van der Waals surface area contributed by atoms with Gasteiger partial charge in [-0.05, 0) is 18.4 Å². The Morgan fingerprint density at radius 1 is 1.67 bits per heavy atom. The van der Waals surface area contributed by atoms with Crippen LogP contribution < -0.4 is 15.8 Å². The summed E-state index contributed by atoms with van der Waals surface area (Å²) >= 11 is 7.39. The first-order valence-corrected chi connectivity index (χ1v) is 6.98. The maximum Gasteiger partial charge on any atom is 0.243 e. The van der Waals surface area contributed by atoms with E-state index in [-0.39, 0.29) is 22.9 Å². The number of hydrogen-bond donors (Lipinski definition) is 2. The molecule has 0 fully saturated rings. The van der Waals surface area contributed by atoms with Gasteiger partial charge in [0.25, 0.3) is 0 Å². The molecule has 1 aromatic rings. The van der Waals surface area contributed by atoms with Gasteiger partial charge in [0.15, 0.2) is 0 Å². The molecule has 0 saturated carbocycles. The first-order chi connectivity index (χ1) is 8.56. The number of hydrogen-bond acceptors (Lipinski definition) is 6. The largest absolute Gasteiger partial charge is 0.481 e. The average molecular weight is 291 g/mol. The first-order valence-electron chi connectivity index (χ1n) is 5.20. The van der Waals surface area contributed by atoms with Crippen molar-refractivity contribution in [3.8, 4) is 5.88 Å². The Kier molecular flexibility index (Phi) is 6.17. The third-order valence-corrected chi connectivity index (χ3v) is 2.92. The lowest BCUT2D eigenvalue weighted by Crippen LogP contribution is -2.36. The van der Waals surface area contributed by atoms with Crippen LogP contribution in [-0.2, 0) is 4.79 Å². The van der Waals surface area contributed by atoms with Crippen LogP contribution in [0.1, 0.15) is 6.42 Å². The quantitative estimate of drug-likeness (QED) is 0.764. The second kappa shape index (κ2) is 7.40. The minimum atomic E-state index is -0.592. The second-order valence-electron chi connectivity index (χ2n) is 3.43. The maximum atomic E-state index is 11.7. The molecule has 18 heavy (non-hydrogen) atoms. The SMILES string of the molecule is COc1cc(Cl)nc(NC(=O)[C@@H](N)CCSC)n1. The first kappa shape index (κ1) is 15.0. The fraction of sp³-hybridized carbons (Fsp3) is 0.500. The molecule has 0 aliphatic carbocycles. The van der Waals surface area contributed by atoms with Crippen molar-refractivity contribution < 1.29 is 9.53 Å². The molecule has 1 heterocycles. The zero-order chi connectivity index (χ0) is 13.5. The van der Waals surface area contributed by atoms with Gasteiger partial charge in [0.2, 0.25) is 17.7 Å². The summed E-state index contributed by atoms with van der Waals surface area (Å²) in [5.74, 6) is 0.842. The number of aromatic nitrogens is 2.